The van der Waals surface area contributed by atoms with E-state index < -0.39 is 16.0 Å². The summed E-state index contributed by atoms with van der Waals surface area (Å²) in [5.74, 6) is -0.786. The molecule has 2 N–H and O–H groups in total. The highest BCUT2D eigenvalue weighted by atomic mass is 35.5. The largest absolute Gasteiger partial charge is 0.481 e. The van der Waals surface area contributed by atoms with Crippen molar-refractivity contribution in [3.63, 3.8) is 0 Å². The molecule has 1 aliphatic rings. The smallest absolute Gasteiger partial charge is 0.303 e. The van der Waals surface area contributed by atoms with E-state index in [-0.39, 0.29) is 17.4 Å². The van der Waals surface area contributed by atoms with E-state index in [1.807, 2.05) is 24.4 Å². The van der Waals surface area contributed by atoms with Crippen molar-refractivity contribution in [3.8, 4) is 0 Å². The van der Waals surface area contributed by atoms with E-state index in [0.717, 1.165) is 35.1 Å². The van der Waals surface area contributed by atoms with E-state index in [4.69, 9.17) is 16.7 Å². The van der Waals surface area contributed by atoms with Gasteiger partial charge in [-0.2, -0.15) is 0 Å². The number of pyridine rings is 1. The van der Waals surface area contributed by atoms with Gasteiger partial charge in [-0.05, 0) is 96.7 Å². The van der Waals surface area contributed by atoms with Crippen LogP contribution < -0.4 is 4.72 Å². The maximum atomic E-state index is 12.9. The van der Waals surface area contributed by atoms with E-state index in [2.05, 4.69) is 27.9 Å². The Balaban J connectivity index is 1.56. The van der Waals surface area contributed by atoms with Crippen LogP contribution in [0.4, 0.5) is 0 Å². The average Bonchev–Trinajstić information content (AvgIpc) is 2.84. The van der Waals surface area contributed by atoms with Crippen LogP contribution in [0, 0.1) is 0 Å². The summed E-state index contributed by atoms with van der Waals surface area (Å²) in [7, 11) is -3.65. The fourth-order valence-electron chi connectivity index (χ4n) is 4.57. The van der Waals surface area contributed by atoms with Crippen LogP contribution in [0.5, 0.6) is 0 Å². The number of unbranched alkanes of at least 4 members (excludes halogenated alkanes) is 1. The second kappa shape index (κ2) is 11.8. The summed E-state index contributed by atoms with van der Waals surface area (Å²) in [6.07, 6.45) is 11.9. The molecule has 0 amide bonds. The van der Waals surface area contributed by atoms with Crippen LogP contribution in [0.15, 0.2) is 71.9 Å². The topological polar surface area (TPSA) is 96.4 Å². The van der Waals surface area contributed by atoms with Crippen LogP contribution in [0.25, 0.3) is 6.08 Å². The lowest BCUT2D eigenvalue weighted by Gasteiger charge is -2.27. The van der Waals surface area contributed by atoms with Gasteiger partial charge in [0.05, 0.1) is 4.90 Å². The molecule has 8 heteroatoms. The third-order valence-corrected chi connectivity index (χ3v) is 8.07. The van der Waals surface area contributed by atoms with Gasteiger partial charge in [-0.1, -0.05) is 42.0 Å². The van der Waals surface area contributed by atoms with E-state index in [9.17, 15) is 13.2 Å². The number of benzene rings is 2. The molecular weight excluding hydrogens is 496 g/mol. The van der Waals surface area contributed by atoms with Crippen molar-refractivity contribution in [1.82, 2.24) is 9.71 Å². The van der Waals surface area contributed by atoms with E-state index in [1.54, 1.807) is 18.3 Å². The highest BCUT2D eigenvalue weighted by Crippen LogP contribution is 2.29. The van der Waals surface area contributed by atoms with Gasteiger partial charge in [-0.15, -0.1) is 0 Å². The molecule has 3 aromatic rings. The predicted molar refractivity (Wildman–Crippen MR) is 142 cm³/mol. The monoisotopic (exact) mass is 524 g/mol. The van der Waals surface area contributed by atoms with Crippen molar-refractivity contribution in [2.75, 3.05) is 0 Å². The Morgan fingerprint density at radius 3 is 2.69 bits per heavy atom. The summed E-state index contributed by atoms with van der Waals surface area (Å²) in [5, 5.41) is 9.36. The van der Waals surface area contributed by atoms with Gasteiger partial charge in [0.15, 0.2) is 0 Å². The molecule has 1 heterocycles. The summed E-state index contributed by atoms with van der Waals surface area (Å²) in [6.45, 7) is 0. The molecule has 0 saturated heterocycles. The number of nitrogens with one attached hydrogen (secondary N) is 1. The molecule has 0 spiro atoms. The van der Waals surface area contributed by atoms with E-state index >= 15 is 0 Å². The van der Waals surface area contributed by atoms with Gasteiger partial charge in [-0.3, -0.25) is 9.78 Å². The molecule has 1 unspecified atom stereocenters. The number of aliphatic carboxylic acids is 1. The Morgan fingerprint density at radius 1 is 1.17 bits per heavy atom. The van der Waals surface area contributed by atoms with Crippen molar-refractivity contribution in [2.45, 2.75) is 55.9 Å². The number of fused-ring (bicyclic) bond motifs is 1. The second-order valence-electron chi connectivity index (χ2n) is 9.06. The van der Waals surface area contributed by atoms with Gasteiger partial charge in [0.1, 0.15) is 0 Å². The van der Waals surface area contributed by atoms with Crippen LogP contribution >= 0.6 is 11.6 Å². The minimum Gasteiger partial charge on any atom is -0.481 e. The Morgan fingerprint density at radius 2 is 1.97 bits per heavy atom. The number of rotatable bonds is 10. The minimum absolute atomic E-state index is 0.152. The third kappa shape index (κ3) is 7.03. The van der Waals surface area contributed by atoms with Gasteiger partial charge in [-0.25, -0.2) is 13.1 Å². The maximum Gasteiger partial charge on any atom is 0.303 e. The molecular formula is C28H29ClN2O4S. The number of aromatic nitrogens is 1. The molecule has 36 heavy (non-hydrogen) atoms. The fraction of sp³-hybridized carbons (Fsp3) is 0.286. The molecule has 1 atom stereocenters. The first-order valence-corrected chi connectivity index (χ1v) is 13.9. The molecule has 4 rings (SSSR count). The predicted octanol–water partition coefficient (Wildman–Crippen LogP) is 5.43. The maximum absolute atomic E-state index is 12.9. The van der Waals surface area contributed by atoms with Gasteiger partial charge < -0.3 is 5.11 Å². The number of hydrogen-bond acceptors (Lipinski definition) is 4. The van der Waals surface area contributed by atoms with Crippen LogP contribution in [0.3, 0.4) is 0 Å². The van der Waals surface area contributed by atoms with Crippen LogP contribution in [0.2, 0.25) is 5.02 Å². The first kappa shape index (κ1) is 26.1. The standard InChI is InChI=1S/C28H29ClN2O4S/c29-24-8-11-26(12-9-24)36(34,35)31-25-10-13-27-22(6-2-1-3-7-28(32)33)16-21(17-23(27)18-25)15-20-5-4-14-30-19-20/h2,4-6,8-9,11-12,14,16-17,19,25,31H,1,3,7,10,13,15,18H2,(H,32,33)/b6-2+. The number of carboxylic acids is 1. The minimum atomic E-state index is -3.65. The van der Waals surface area contributed by atoms with Crippen molar-refractivity contribution >= 4 is 33.7 Å². The Bertz CT molecular complexity index is 1340. The Kier molecular flexibility index (Phi) is 8.56. The van der Waals surface area contributed by atoms with Crippen molar-refractivity contribution in [1.29, 1.82) is 0 Å². The molecule has 188 valence electrons. The molecule has 6 nitrogen and oxygen atoms in total. The third-order valence-electron chi connectivity index (χ3n) is 6.28. The van der Waals surface area contributed by atoms with Crippen molar-refractivity contribution < 1.29 is 18.3 Å². The van der Waals surface area contributed by atoms with Gasteiger partial charge >= 0.3 is 5.97 Å². The first-order valence-electron chi connectivity index (χ1n) is 12.0. The fourth-order valence-corrected chi connectivity index (χ4v) is 5.97. The molecule has 2 aromatic carbocycles. The SMILES string of the molecule is O=C(O)CCC/C=C/c1cc(Cc2cccnc2)cc2c1CCC(NS(=O)(=O)c1ccc(Cl)cc1)C2. The highest BCUT2D eigenvalue weighted by molar-refractivity contribution is 7.89. The zero-order valence-corrected chi connectivity index (χ0v) is 21.4. The van der Waals surface area contributed by atoms with Crippen LogP contribution in [-0.4, -0.2) is 30.5 Å². The quantitative estimate of drug-likeness (QED) is 0.345. The number of halogens is 1. The molecule has 0 aliphatic heterocycles. The van der Waals surface area contributed by atoms with Crippen LogP contribution in [0.1, 0.15) is 53.5 Å². The number of hydrogen-bond donors (Lipinski definition) is 2. The lowest BCUT2D eigenvalue weighted by atomic mass is 9.83. The molecule has 0 fully saturated rings. The van der Waals surface area contributed by atoms with Gasteiger partial charge in [0, 0.05) is 29.9 Å². The number of allylic oxidation sites excluding steroid dienone is 1. The number of carbonyl (C=O) groups is 1. The summed E-state index contributed by atoms with van der Waals surface area (Å²) in [4.78, 5) is 15.2. The Labute approximate surface area is 217 Å². The number of nitrogens with zero attached hydrogens (tertiary/aromatic N) is 1. The highest BCUT2D eigenvalue weighted by Gasteiger charge is 2.26. The Hall–Kier alpha value is -3.00. The molecule has 0 saturated carbocycles. The number of carboxylic acid groups (broad SMARTS) is 1. The molecule has 0 bridgehead atoms. The normalized spacial score (nSPS) is 15.6. The summed E-state index contributed by atoms with van der Waals surface area (Å²) in [6, 6.07) is 14.3. The lowest BCUT2D eigenvalue weighted by molar-refractivity contribution is -0.137. The number of sulfonamides is 1. The summed E-state index contributed by atoms with van der Waals surface area (Å²) >= 11 is 5.91. The lowest BCUT2D eigenvalue weighted by Crippen LogP contribution is -2.39. The average molecular weight is 525 g/mol. The molecule has 1 aliphatic carbocycles. The van der Waals surface area contributed by atoms with E-state index in [1.165, 1.54) is 17.7 Å². The molecule has 1 aromatic heterocycles. The van der Waals surface area contributed by atoms with E-state index in [0.29, 0.717) is 30.7 Å². The first-order chi connectivity index (χ1) is 17.3. The molecule has 0 radical (unpaired) electrons. The van der Waals surface area contributed by atoms with Gasteiger partial charge in [0.25, 0.3) is 0 Å². The summed E-state index contributed by atoms with van der Waals surface area (Å²) < 4.78 is 28.7. The van der Waals surface area contributed by atoms with Crippen molar-refractivity contribution in [2.24, 2.45) is 0 Å². The van der Waals surface area contributed by atoms with Crippen molar-refractivity contribution in [3.05, 3.63) is 99.8 Å². The van der Waals surface area contributed by atoms with Crippen LogP contribution in [-0.2, 0) is 34.1 Å². The summed E-state index contributed by atoms with van der Waals surface area (Å²) in [5.41, 5.74) is 5.71. The zero-order chi connectivity index (χ0) is 25.5. The second-order valence-corrected chi connectivity index (χ2v) is 11.2. The van der Waals surface area contributed by atoms with Gasteiger partial charge in [0.2, 0.25) is 10.0 Å². The zero-order valence-electron chi connectivity index (χ0n) is 19.9.